The molecule has 7 N–H and O–H groups in total. The maximum Gasteiger partial charge on any atom is 0.409 e. The molecular formula is C69H79N9O20. The molecule has 5 aliphatic heterocycles. The van der Waals surface area contributed by atoms with E-state index in [1.54, 1.807) is 31.2 Å². The number of fused-ring (bicyclic) bond motifs is 6. The quantitative estimate of drug-likeness (QED) is 0.0211. The van der Waals surface area contributed by atoms with E-state index >= 15 is 0 Å². The van der Waals surface area contributed by atoms with Crippen LogP contribution < -0.4 is 21.7 Å². The third kappa shape index (κ3) is 15.2. The highest BCUT2D eigenvalue weighted by Crippen LogP contribution is 2.52. The van der Waals surface area contributed by atoms with Gasteiger partial charge in [-0.15, -0.1) is 0 Å². The van der Waals surface area contributed by atoms with Crippen LogP contribution in [0.25, 0.3) is 0 Å². The third-order valence-corrected chi connectivity index (χ3v) is 18.9. The Bertz CT molecular complexity index is 3790. The molecule has 29 heteroatoms. The van der Waals surface area contributed by atoms with Crippen LogP contribution in [0, 0.1) is 5.92 Å². The molecule has 4 fully saturated rings. The molecule has 29 nitrogen and oxygen atoms in total. The Labute approximate surface area is 563 Å². The van der Waals surface area contributed by atoms with Crippen LogP contribution in [0.1, 0.15) is 112 Å². The summed E-state index contributed by atoms with van der Waals surface area (Å²) in [6, 6.07) is 17.3. The molecule has 4 aromatic rings. The summed E-state index contributed by atoms with van der Waals surface area (Å²) < 4.78 is 41.3. The van der Waals surface area contributed by atoms with Crippen molar-refractivity contribution >= 4 is 76.4 Å². The lowest BCUT2D eigenvalue weighted by Crippen LogP contribution is -2.53. The van der Waals surface area contributed by atoms with E-state index in [1.165, 1.54) is 61.4 Å². The fourth-order valence-corrected chi connectivity index (χ4v) is 13.6. The summed E-state index contributed by atoms with van der Waals surface area (Å²) >= 11 is 0. The first-order chi connectivity index (χ1) is 47.1. The Hall–Kier alpha value is -9.65. The number of likely N-dealkylation sites (N-methyl/N-ethyl adjacent to an activating group) is 2. The zero-order chi connectivity index (χ0) is 69.6. The molecule has 8 amide bonds. The SMILES string of the molecule is CO[C@H]1OCCN2[C@@H]1O[C@@H]1COC(O[C@H]3C[C@H](C(=O)COC(=O)N(C)CCN(C)C(=O)OCc4ccc(NC(=O)CN5C(=O)[C@@H](NC(=O)[C@H](Cc6ccccc6)NC(=O)CCCCCN6C(=O)C=CC6=O)CC5C)cc4)Cc4c(O)c5c(c(O)c43)C(=O)c3c(N)cccc3C5=O)C[C@@H]12. The molecule has 10 atom stereocenters. The van der Waals surface area contributed by atoms with E-state index in [2.05, 4.69) is 20.9 Å². The lowest BCUT2D eigenvalue weighted by Gasteiger charge is -2.40. The summed E-state index contributed by atoms with van der Waals surface area (Å²) in [5, 5.41) is 32.4. The highest BCUT2D eigenvalue weighted by atomic mass is 16.7. The molecule has 7 aliphatic rings. The number of rotatable bonds is 25. The number of benzene rings is 4. The minimum absolute atomic E-state index is 0.00176. The molecule has 520 valence electrons. The number of unbranched alkanes of at least 4 members (excludes halogenated alkanes) is 2. The average Bonchev–Trinajstić information content (AvgIpc) is 0.921. The number of anilines is 2. The molecular weight excluding hydrogens is 1270 g/mol. The molecule has 4 saturated heterocycles. The topological polar surface area (TPSA) is 371 Å². The van der Waals surface area contributed by atoms with Crippen LogP contribution in [0.5, 0.6) is 11.5 Å². The lowest BCUT2D eigenvalue weighted by molar-refractivity contribution is -0.245. The maximum absolute atomic E-state index is 14.2. The fraction of sp³-hybridized carbons (Fsp3) is 0.464. The smallest absolute Gasteiger partial charge is 0.409 e. The van der Waals surface area contributed by atoms with Crippen molar-refractivity contribution in [3.63, 3.8) is 0 Å². The fourth-order valence-electron chi connectivity index (χ4n) is 13.6. The highest BCUT2D eigenvalue weighted by Gasteiger charge is 2.52. The molecule has 0 spiro atoms. The number of carbonyl (C=O) groups excluding carboxylic acids is 11. The van der Waals surface area contributed by atoms with Gasteiger partial charge in [0, 0.05) is 125 Å². The minimum atomic E-state index is -1.19. The van der Waals surface area contributed by atoms with E-state index in [1.807, 2.05) is 30.3 Å². The van der Waals surface area contributed by atoms with Crippen molar-refractivity contribution in [1.82, 2.24) is 35.1 Å². The van der Waals surface area contributed by atoms with Crippen LogP contribution in [0.4, 0.5) is 21.0 Å². The molecule has 98 heavy (non-hydrogen) atoms. The molecule has 0 radical (unpaired) electrons. The van der Waals surface area contributed by atoms with Gasteiger partial charge >= 0.3 is 12.2 Å². The number of aromatic hydroxyl groups is 2. The van der Waals surface area contributed by atoms with E-state index in [0.29, 0.717) is 43.7 Å². The molecule has 11 rings (SSSR count). The van der Waals surface area contributed by atoms with Crippen LogP contribution >= 0.6 is 0 Å². The number of ketones is 3. The summed E-state index contributed by atoms with van der Waals surface area (Å²) in [5.41, 5.74) is 6.84. The van der Waals surface area contributed by atoms with E-state index in [9.17, 15) is 63.0 Å². The average molecular weight is 1350 g/mol. The highest BCUT2D eigenvalue weighted by molar-refractivity contribution is 6.32. The predicted octanol–water partition coefficient (Wildman–Crippen LogP) is 3.38. The van der Waals surface area contributed by atoms with Crippen molar-refractivity contribution in [3.8, 4) is 11.5 Å². The summed E-state index contributed by atoms with van der Waals surface area (Å²) in [7, 11) is 4.40. The number of ether oxygens (including phenoxy) is 7. The monoisotopic (exact) mass is 1350 g/mol. The Morgan fingerprint density at radius 1 is 0.776 bits per heavy atom. The molecule has 4 aromatic carbocycles. The number of hydrogen-bond acceptors (Lipinski definition) is 22. The molecule has 2 unspecified atom stereocenters. The van der Waals surface area contributed by atoms with Gasteiger partial charge in [0.1, 0.15) is 36.7 Å². The first kappa shape index (κ1) is 69.7. The second-order valence-corrected chi connectivity index (χ2v) is 25.4. The number of carbonyl (C=O) groups is 11. The van der Waals surface area contributed by atoms with Gasteiger partial charge in [0.25, 0.3) is 11.8 Å². The van der Waals surface area contributed by atoms with Crippen molar-refractivity contribution in [3.05, 3.63) is 129 Å². The van der Waals surface area contributed by atoms with E-state index in [0.717, 1.165) is 15.4 Å². The number of morpholine rings is 1. The van der Waals surface area contributed by atoms with Crippen molar-refractivity contribution in [2.24, 2.45) is 5.92 Å². The summed E-state index contributed by atoms with van der Waals surface area (Å²) in [4.78, 5) is 153. The molecule has 2 aliphatic carbocycles. The largest absolute Gasteiger partial charge is 0.507 e. The molecule has 0 saturated carbocycles. The zero-order valence-corrected chi connectivity index (χ0v) is 54.6. The van der Waals surface area contributed by atoms with Crippen molar-refractivity contribution < 1.29 is 96.1 Å². The number of imide groups is 1. The third-order valence-electron chi connectivity index (χ3n) is 18.9. The van der Waals surface area contributed by atoms with Gasteiger partial charge in [-0.3, -0.25) is 53.0 Å². The second-order valence-electron chi connectivity index (χ2n) is 25.4. The van der Waals surface area contributed by atoms with Gasteiger partial charge < -0.3 is 79.8 Å². The van der Waals surface area contributed by atoms with Crippen molar-refractivity contribution in [2.45, 2.75) is 127 Å². The van der Waals surface area contributed by atoms with Crippen LogP contribution in [0.15, 0.2) is 84.9 Å². The molecule has 5 heterocycles. The van der Waals surface area contributed by atoms with Crippen LogP contribution in [0.2, 0.25) is 0 Å². The van der Waals surface area contributed by atoms with Gasteiger partial charge in [0.05, 0.1) is 42.1 Å². The first-order valence-electron chi connectivity index (χ1n) is 32.6. The Kier molecular flexibility index (Phi) is 21.6. The van der Waals surface area contributed by atoms with Gasteiger partial charge in [0.15, 0.2) is 42.8 Å². The van der Waals surface area contributed by atoms with Gasteiger partial charge in [0.2, 0.25) is 23.6 Å². The van der Waals surface area contributed by atoms with Gasteiger partial charge in [-0.05, 0) is 68.4 Å². The number of likely N-dealkylation sites (tertiary alicyclic amines) is 1. The summed E-state index contributed by atoms with van der Waals surface area (Å²) in [6.07, 6.45) is -0.869. The first-order valence-corrected chi connectivity index (χ1v) is 32.6. The van der Waals surface area contributed by atoms with Gasteiger partial charge in [-0.25, -0.2) is 9.59 Å². The Morgan fingerprint density at radius 3 is 2.21 bits per heavy atom. The number of methoxy groups -OCH3 is 1. The van der Waals surface area contributed by atoms with Crippen LogP contribution in [0.3, 0.4) is 0 Å². The maximum atomic E-state index is 14.2. The van der Waals surface area contributed by atoms with E-state index < -0.39 is 125 Å². The van der Waals surface area contributed by atoms with Crippen molar-refractivity contribution in [2.75, 3.05) is 84.8 Å². The Balaban J connectivity index is 0.628. The number of amides is 8. The van der Waals surface area contributed by atoms with Crippen LogP contribution in [-0.4, -0.2) is 223 Å². The molecule has 0 aromatic heterocycles. The number of phenols is 2. The second kappa shape index (κ2) is 30.4. The number of nitrogens with one attached hydrogen (secondary N) is 3. The Morgan fingerprint density at radius 2 is 1.49 bits per heavy atom. The van der Waals surface area contributed by atoms with Gasteiger partial charge in [-0.2, -0.15) is 0 Å². The minimum Gasteiger partial charge on any atom is -0.507 e. The molecule has 0 bridgehead atoms. The number of nitrogens with zero attached hydrogens (tertiary/aromatic N) is 5. The number of phenolic OH excluding ortho intramolecular Hbond substituents is 2. The lowest BCUT2D eigenvalue weighted by atomic mass is 9.73. The van der Waals surface area contributed by atoms with E-state index in [-0.39, 0.29) is 136 Å². The zero-order valence-electron chi connectivity index (χ0n) is 54.6. The number of nitrogens with two attached hydrogens (primary N) is 1. The van der Waals surface area contributed by atoms with Gasteiger partial charge in [-0.1, -0.05) is 61.0 Å². The number of nitrogen functional groups attached to an aromatic ring is 1. The number of Topliss-reactive ketones (excluding diaryl/α,β-unsaturated/α-hetero) is 1. The summed E-state index contributed by atoms with van der Waals surface area (Å²) in [6.45, 7) is 1.79. The standard InChI is InChI=1S/C69H79N9O20/c1-37-28-46(73-64(88)45(29-38-12-7-5-8-13-38)72-51(80)16-9-6-10-23-77-53(82)21-22-54(77)83)65(89)78(37)33-52(81)71-41-19-17-39(18-20-41)34-95-68(90)74(2)24-25-75(3)69(91)96-35-48(79)40-30-43-57(63(87)59-58(61(43)85)60(84)42-14-11-15-44(70)56(42)62(59)86)49(31-40)97-55-32-47-50(36-94-55)98-66-67(92-4)93-27-26-76(47)66/h5,7-8,11-15,17-22,37,40,45-47,49-50,55,66-67,85,87H,6,9-10,16,23-36,70H2,1-4H3,(H,71,81)(H,72,80)(H,73,88)/t37?,40-,45+,46+,47+,49+,50-,55?,66-,67+/m1/s1. The predicted molar refractivity (Wildman–Crippen MR) is 344 cm³/mol. The van der Waals surface area contributed by atoms with Crippen LogP contribution in [-0.2, 0) is 86.2 Å². The van der Waals surface area contributed by atoms with E-state index in [4.69, 9.17) is 38.9 Å². The number of hydrogen-bond donors (Lipinski definition) is 6. The normalized spacial score (nSPS) is 23.4. The van der Waals surface area contributed by atoms with Crippen molar-refractivity contribution in [1.29, 1.82) is 0 Å². The summed E-state index contributed by atoms with van der Waals surface area (Å²) in [5.74, 6) is -6.98.